The van der Waals surface area contributed by atoms with Crippen LogP contribution in [0.2, 0.25) is 0 Å². The fraction of sp³-hybridized carbons (Fsp3) is 0.857. The lowest BCUT2D eigenvalue weighted by molar-refractivity contribution is 0.00684. The normalized spacial score (nSPS) is 34.8. The number of nitrogens with zero attached hydrogens (tertiary/aromatic N) is 1. The SMILES string of the molecule is C=C(C)COCCNC1(CN)CN2CCC1CC2. The molecule has 3 heterocycles. The Bertz CT molecular complexity index is 287. The van der Waals surface area contributed by atoms with Gasteiger partial charge in [-0.3, -0.25) is 0 Å². The van der Waals surface area contributed by atoms with Crippen LogP contribution in [0.1, 0.15) is 19.8 Å². The van der Waals surface area contributed by atoms with Gasteiger partial charge in [0.25, 0.3) is 0 Å². The van der Waals surface area contributed by atoms with Gasteiger partial charge in [-0.1, -0.05) is 12.2 Å². The number of rotatable bonds is 7. The molecule has 0 radical (unpaired) electrons. The maximum absolute atomic E-state index is 6.04. The minimum atomic E-state index is 0.128. The summed E-state index contributed by atoms with van der Waals surface area (Å²) in [6.07, 6.45) is 2.58. The van der Waals surface area contributed by atoms with Crippen LogP contribution in [0.15, 0.2) is 12.2 Å². The van der Waals surface area contributed by atoms with Gasteiger partial charge in [0.2, 0.25) is 0 Å². The van der Waals surface area contributed by atoms with Crippen molar-refractivity contribution in [3.63, 3.8) is 0 Å². The molecule has 0 aliphatic carbocycles. The van der Waals surface area contributed by atoms with Crippen molar-refractivity contribution in [3.05, 3.63) is 12.2 Å². The standard InChI is InChI=1S/C14H27N3O/c1-12(2)9-18-8-5-16-14(10-15)11-17-6-3-13(14)4-7-17/h13,16H,1,3-11,15H2,2H3. The van der Waals surface area contributed by atoms with Gasteiger partial charge < -0.3 is 20.7 Å². The highest BCUT2D eigenvalue weighted by Gasteiger charge is 2.45. The molecule has 3 aliphatic rings. The van der Waals surface area contributed by atoms with Crippen LogP contribution in [0.25, 0.3) is 0 Å². The van der Waals surface area contributed by atoms with Crippen molar-refractivity contribution in [2.24, 2.45) is 11.7 Å². The van der Waals surface area contributed by atoms with E-state index in [1.54, 1.807) is 0 Å². The maximum Gasteiger partial charge on any atom is 0.0672 e. The van der Waals surface area contributed by atoms with Crippen molar-refractivity contribution in [2.45, 2.75) is 25.3 Å². The number of hydrogen-bond donors (Lipinski definition) is 2. The Kier molecular flexibility index (Phi) is 4.78. The third-order valence-corrected chi connectivity index (χ3v) is 4.31. The number of piperidine rings is 3. The molecular formula is C14H27N3O. The minimum Gasteiger partial charge on any atom is -0.376 e. The van der Waals surface area contributed by atoms with Gasteiger partial charge in [-0.25, -0.2) is 0 Å². The van der Waals surface area contributed by atoms with E-state index in [1.807, 2.05) is 6.92 Å². The molecule has 4 heteroatoms. The second-order valence-corrected chi connectivity index (χ2v) is 5.85. The molecule has 3 fully saturated rings. The van der Waals surface area contributed by atoms with Gasteiger partial charge in [-0.15, -0.1) is 0 Å². The van der Waals surface area contributed by atoms with Crippen molar-refractivity contribution in [2.75, 3.05) is 45.9 Å². The zero-order chi connectivity index (χ0) is 13.0. The Morgan fingerprint density at radius 3 is 2.72 bits per heavy atom. The largest absolute Gasteiger partial charge is 0.376 e. The van der Waals surface area contributed by atoms with Crippen LogP contribution in [-0.4, -0.2) is 56.4 Å². The van der Waals surface area contributed by atoms with Crippen molar-refractivity contribution < 1.29 is 4.74 Å². The molecule has 1 unspecified atom stereocenters. The lowest BCUT2D eigenvalue weighted by atomic mass is 9.73. The lowest BCUT2D eigenvalue weighted by Crippen LogP contribution is -2.69. The molecule has 3 rings (SSSR count). The summed E-state index contributed by atoms with van der Waals surface area (Å²) >= 11 is 0. The Balaban J connectivity index is 1.76. The number of fused-ring (bicyclic) bond motifs is 3. The first-order valence-electron chi connectivity index (χ1n) is 7.06. The topological polar surface area (TPSA) is 50.5 Å². The molecule has 1 atom stereocenters. The van der Waals surface area contributed by atoms with E-state index in [9.17, 15) is 0 Å². The number of nitrogens with two attached hydrogens (primary N) is 1. The predicted molar refractivity (Wildman–Crippen MR) is 74.6 cm³/mol. The quantitative estimate of drug-likeness (QED) is 0.515. The van der Waals surface area contributed by atoms with Gasteiger partial charge in [0, 0.05) is 25.2 Å². The van der Waals surface area contributed by atoms with E-state index < -0.39 is 0 Å². The van der Waals surface area contributed by atoms with E-state index in [4.69, 9.17) is 10.5 Å². The zero-order valence-corrected chi connectivity index (χ0v) is 11.6. The molecule has 0 spiro atoms. The molecule has 3 saturated heterocycles. The molecule has 0 saturated carbocycles. The summed E-state index contributed by atoms with van der Waals surface area (Å²) in [6, 6.07) is 0. The average molecular weight is 253 g/mol. The number of hydrogen-bond acceptors (Lipinski definition) is 4. The van der Waals surface area contributed by atoms with Crippen LogP contribution in [0.3, 0.4) is 0 Å². The van der Waals surface area contributed by atoms with E-state index in [0.717, 1.165) is 37.7 Å². The molecule has 104 valence electrons. The van der Waals surface area contributed by atoms with E-state index in [2.05, 4.69) is 16.8 Å². The van der Waals surface area contributed by atoms with E-state index in [0.29, 0.717) is 6.61 Å². The number of ether oxygens (including phenoxy) is 1. The van der Waals surface area contributed by atoms with Gasteiger partial charge in [0.15, 0.2) is 0 Å². The van der Waals surface area contributed by atoms with E-state index in [-0.39, 0.29) is 5.54 Å². The van der Waals surface area contributed by atoms with Gasteiger partial charge in [-0.05, 0) is 38.8 Å². The Hall–Kier alpha value is -0.420. The monoisotopic (exact) mass is 253 g/mol. The van der Waals surface area contributed by atoms with Crippen molar-refractivity contribution in [1.82, 2.24) is 10.2 Å². The van der Waals surface area contributed by atoms with Gasteiger partial charge in [-0.2, -0.15) is 0 Å². The smallest absolute Gasteiger partial charge is 0.0672 e. The first kappa shape index (κ1) is 14.0. The van der Waals surface area contributed by atoms with Crippen molar-refractivity contribution in [1.29, 1.82) is 0 Å². The van der Waals surface area contributed by atoms with E-state index >= 15 is 0 Å². The lowest BCUT2D eigenvalue weighted by Gasteiger charge is -2.53. The summed E-state index contributed by atoms with van der Waals surface area (Å²) < 4.78 is 5.54. The van der Waals surface area contributed by atoms with Crippen LogP contribution < -0.4 is 11.1 Å². The summed E-state index contributed by atoms with van der Waals surface area (Å²) in [5, 5.41) is 3.67. The first-order chi connectivity index (χ1) is 8.66. The highest BCUT2D eigenvalue weighted by Crippen LogP contribution is 2.34. The Morgan fingerprint density at radius 2 is 2.22 bits per heavy atom. The molecular weight excluding hydrogens is 226 g/mol. The van der Waals surface area contributed by atoms with Crippen molar-refractivity contribution >= 4 is 0 Å². The zero-order valence-electron chi connectivity index (χ0n) is 11.6. The molecule has 0 aromatic carbocycles. The second-order valence-electron chi connectivity index (χ2n) is 5.85. The third kappa shape index (κ3) is 3.12. The predicted octanol–water partition coefficient (Wildman–Crippen LogP) is 0.592. The number of nitrogens with one attached hydrogen (secondary N) is 1. The van der Waals surface area contributed by atoms with Gasteiger partial charge >= 0.3 is 0 Å². The average Bonchev–Trinajstić information content (AvgIpc) is 2.39. The summed E-state index contributed by atoms with van der Waals surface area (Å²) in [5.74, 6) is 0.744. The molecule has 2 bridgehead atoms. The fourth-order valence-corrected chi connectivity index (χ4v) is 3.29. The van der Waals surface area contributed by atoms with Crippen LogP contribution in [-0.2, 0) is 4.74 Å². The van der Waals surface area contributed by atoms with Gasteiger partial charge in [0.1, 0.15) is 0 Å². The second kappa shape index (κ2) is 6.15. The van der Waals surface area contributed by atoms with Crippen LogP contribution in [0.4, 0.5) is 0 Å². The Labute approximate surface area is 111 Å². The molecule has 0 aromatic rings. The highest BCUT2D eigenvalue weighted by atomic mass is 16.5. The summed E-state index contributed by atoms with van der Waals surface area (Å²) in [4.78, 5) is 2.54. The maximum atomic E-state index is 6.04. The molecule has 3 aliphatic heterocycles. The molecule has 4 nitrogen and oxygen atoms in total. The molecule has 0 amide bonds. The first-order valence-corrected chi connectivity index (χ1v) is 7.06. The third-order valence-electron chi connectivity index (χ3n) is 4.31. The minimum absolute atomic E-state index is 0.128. The molecule has 18 heavy (non-hydrogen) atoms. The van der Waals surface area contributed by atoms with Gasteiger partial charge in [0.05, 0.1) is 13.2 Å². The highest BCUT2D eigenvalue weighted by molar-refractivity contribution is 5.04. The van der Waals surface area contributed by atoms with Crippen LogP contribution >= 0.6 is 0 Å². The summed E-state index contributed by atoms with van der Waals surface area (Å²) in [5.41, 5.74) is 7.25. The van der Waals surface area contributed by atoms with Crippen LogP contribution in [0.5, 0.6) is 0 Å². The molecule has 0 aromatic heterocycles. The Morgan fingerprint density at radius 1 is 1.50 bits per heavy atom. The summed E-state index contributed by atoms with van der Waals surface area (Å²) in [6.45, 7) is 12.4. The molecule has 3 N–H and O–H groups in total. The van der Waals surface area contributed by atoms with Crippen LogP contribution in [0, 0.1) is 5.92 Å². The fourth-order valence-electron chi connectivity index (χ4n) is 3.29. The van der Waals surface area contributed by atoms with Crippen molar-refractivity contribution in [3.8, 4) is 0 Å². The summed E-state index contributed by atoms with van der Waals surface area (Å²) in [7, 11) is 0. The van der Waals surface area contributed by atoms with E-state index in [1.165, 1.54) is 25.9 Å².